The van der Waals surface area contributed by atoms with Crippen LogP contribution in [0.5, 0.6) is 0 Å². The predicted molar refractivity (Wildman–Crippen MR) is 284 cm³/mol. The van der Waals surface area contributed by atoms with Gasteiger partial charge >= 0.3 is 17.9 Å². The van der Waals surface area contributed by atoms with E-state index in [4.69, 9.17) is 14.2 Å². The van der Waals surface area contributed by atoms with E-state index < -0.39 is 6.10 Å². The summed E-state index contributed by atoms with van der Waals surface area (Å²) in [6, 6.07) is 0. The van der Waals surface area contributed by atoms with Crippen LogP contribution in [0.3, 0.4) is 0 Å². The molecule has 0 N–H and O–H groups in total. The van der Waals surface area contributed by atoms with Crippen LogP contribution in [0.15, 0.2) is 36.5 Å². The van der Waals surface area contributed by atoms with Gasteiger partial charge in [0.1, 0.15) is 13.2 Å². The van der Waals surface area contributed by atoms with E-state index in [9.17, 15) is 14.4 Å². The van der Waals surface area contributed by atoms with Crippen molar-refractivity contribution in [1.29, 1.82) is 0 Å². The predicted octanol–water partition coefficient (Wildman–Crippen LogP) is 19.3. The van der Waals surface area contributed by atoms with Crippen molar-refractivity contribution < 1.29 is 28.6 Å². The minimum absolute atomic E-state index is 0.0745. The summed E-state index contributed by atoms with van der Waals surface area (Å²) >= 11 is 0. The fourth-order valence-corrected chi connectivity index (χ4v) is 8.44. The molecule has 386 valence electrons. The van der Waals surface area contributed by atoms with Crippen LogP contribution in [0.4, 0.5) is 0 Å². The molecular formula is C60H110O6. The Morgan fingerprint density at radius 3 is 0.818 bits per heavy atom. The molecule has 0 fully saturated rings. The highest BCUT2D eigenvalue weighted by atomic mass is 16.6. The number of unbranched alkanes of at least 4 members (excludes halogenated alkanes) is 36. The molecule has 0 aliphatic heterocycles. The fraction of sp³-hybridized carbons (Fsp3) is 0.850. The molecule has 0 saturated heterocycles. The molecular weight excluding hydrogens is 817 g/mol. The van der Waals surface area contributed by atoms with Crippen molar-refractivity contribution in [2.75, 3.05) is 13.2 Å². The van der Waals surface area contributed by atoms with Crippen LogP contribution in [-0.2, 0) is 28.6 Å². The number of carbonyl (C=O) groups excluding carboxylic acids is 3. The normalized spacial score (nSPS) is 12.2. The van der Waals surface area contributed by atoms with E-state index >= 15 is 0 Å². The van der Waals surface area contributed by atoms with E-state index in [0.717, 1.165) is 70.6 Å². The highest BCUT2D eigenvalue weighted by Gasteiger charge is 2.19. The first-order chi connectivity index (χ1) is 32.5. The molecule has 0 heterocycles. The van der Waals surface area contributed by atoms with Crippen molar-refractivity contribution in [3.63, 3.8) is 0 Å². The summed E-state index contributed by atoms with van der Waals surface area (Å²) < 4.78 is 16.8. The van der Waals surface area contributed by atoms with Crippen molar-refractivity contribution in [2.45, 2.75) is 316 Å². The topological polar surface area (TPSA) is 78.9 Å². The van der Waals surface area contributed by atoms with Crippen molar-refractivity contribution in [3.8, 4) is 0 Å². The lowest BCUT2D eigenvalue weighted by molar-refractivity contribution is -0.167. The van der Waals surface area contributed by atoms with Gasteiger partial charge in [-0.15, -0.1) is 0 Å². The van der Waals surface area contributed by atoms with Crippen molar-refractivity contribution in [1.82, 2.24) is 0 Å². The van der Waals surface area contributed by atoms with Gasteiger partial charge in [-0.3, -0.25) is 14.4 Å². The second-order valence-electron chi connectivity index (χ2n) is 19.5. The zero-order valence-electron chi connectivity index (χ0n) is 44.2. The summed E-state index contributed by atoms with van der Waals surface area (Å²) in [5.74, 6) is -0.875. The Balaban J connectivity index is 4.27. The molecule has 66 heavy (non-hydrogen) atoms. The SMILES string of the molecule is CCC/C=C\CCCCCCCC(=O)OCC(COC(=O)CCCCCCCCCCC/C=C\CCCCCCCC)OC(=O)CCCCCCCCCCC/C=C\CCCCCCCC. The minimum Gasteiger partial charge on any atom is -0.462 e. The van der Waals surface area contributed by atoms with Crippen molar-refractivity contribution in [2.24, 2.45) is 0 Å². The van der Waals surface area contributed by atoms with Gasteiger partial charge in [-0.05, 0) is 89.9 Å². The molecule has 0 radical (unpaired) electrons. The Morgan fingerprint density at radius 2 is 0.530 bits per heavy atom. The van der Waals surface area contributed by atoms with Crippen molar-refractivity contribution in [3.05, 3.63) is 36.5 Å². The molecule has 0 saturated carbocycles. The summed E-state index contributed by atoms with van der Waals surface area (Å²) in [7, 11) is 0. The Labute approximate surface area is 410 Å². The van der Waals surface area contributed by atoms with Gasteiger partial charge in [0, 0.05) is 19.3 Å². The zero-order chi connectivity index (χ0) is 47.9. The quantitative estimate of drug-likeness (QED) is 0.0262. The van der Waals surface area contributed by atoms with E-state index in [0.29, 0.717) is 19.3 Å². The van der Waals surface area contributed by atoms with Gasteiger partial charge in [-0.25, -0.2) is 0 Å². The summed E-state index contributed by atoms with van der Waals surface area (Å²) in [5.41, 5.74) is 0. The maximum absolute atomic E-state index is 12.8. The molecule has 0 bridgehead atoms. The largest absolute Gasteiger partial charge is 0.462 e. The summed E-state index contributed by atoms with van der Waals surface area (Å²) in [4.78, 5) is 38.1. The van der Waals surface area contributed by atoms with E-state index in [1.165, 1.54) is 199 Å². The van der Waals surface area contributed by atoms with Gasteiger partial charge in [0.15, 0.2) is 6.10 Å². The lowest BCUT2D eigenvalue weighted by atomic mass is 10.1. The third-order valence-electron chi connectivity index (χ3n) is 12.8. The molecule has 1 unspecified atom stereocenters. The lowest BCUT2D eigenvalue weighted by Crippen LogP contribution is -2.30. The summed E-state index contributed by atoms with van der Waals surface area (Å²) in [6.45, 7) is 6.60. The molecule has 1 atom stereocenters. The van der Waals surface area contributed by atoms with Crippen LogP contribution in [0.1, 0.15) is 310 Å². The highest BCUT2D eigenvalue weighted by Crippen LogP contribution is 2.16. The van der Waals surface area contributed by atoms with E-state index in [1.807, 2.05) is 0 Å². The molecule has 0 rings (SSSR count). The molecule has 0 aromatic carbocycles. The molecule has 6 heteroatoms. The maximum atomic E-state index is 12.8. The third-order valence-corrected chi connectivity index (χ3v) is 12.8. The average molecular weight is 928 g/mol. The highest BCUT2D eigenvalue weighted by molar-refractivity contribution is 5.71. The van der Waals surface area contributed by atoms with Gasteiger partial charge in [-0.1, -0.05) is 237 Å². The summed E-state index contributed by atoms with van der Waals surface area (Å²) in [6.07, 6.45) is 65.7. The first-order valence-electron chi connectivity index (χ1n) is 29.0. The number of ether oxygens (including phenoxy) is 3. The number of rotatable bonds is 53. The standard InChI is InChI=1S/C60H110O6/c1-4-7-10-13-16-19-22-24-26-28-30-32-34-36-38-41-44-47-50-53-59(62)65-56-57(55-64-58(61)52-49-46-43-40-21-18-15-12-9-6-3)66-60(63)54-51-48-45-42-39-37-35-33-31-29-27-25-23-20-17-14-11-8-5-2/h12,15,24-27,57H,4-11,13-14,16-23,28-56H2,1-3H3/b15-12-,26-24-,27-25-. The smallest absolute Gasteiger partial charge is 0.306 e. The Hall–Kier alpha value is -2.37. The number of allylic oxidation sites excluding steroid dienone is 6. The minimum atomic E-state index is -0.775. The van der Waals surface area contributed by atoms with Crippen LogP contribution < -0.4 is 0 Å². The molecule has 0 aliphatic rings. The van der Waals surface area contributed by atoms with Gasteiger partial charge in [0.25, 0.3) is 0 Å². The van der Waals surface area contributed by atoms with Crippen LogP contribution in [-0.4, -0.2) is 37.2 Å². The van der Waals surface area contributed by atoms with Gasteiger partial charge in [0.05, 0.1) is 0 Å². The van der Waals surface area contributed by atoms with Crippen LogP contribution in [0.2, 0.25) is 0 Å². The van der Waals surface area contributed by atoms with Crippen LogP contribution in [0.25, 0.3) is 0 Å². The van der Waals surface area contributed by atoms with Crippen molar-refractivity contribution >= 4 is 17.9 Å². The first-order valence-corrected chi connectivity index (χ1v) is 29.0. The van der Waals surface area contributed by atoms with E-state index in [-0.39, 0.29) is 31.1 Å². The fourth-order valence-electron chi connectivity index (χ4n) is 8.44. The van der Waals surface area contributed by atoms with E-state index in [1.54, 1.807) is 0 Å². The number of hydrogen-bond donors (Lipinski definition) is 0. The Morgan fingerprint density at radius 1 is 0.288 bits per heavy atom. The Bertz CT molecular complexity index is 1110. The van der Waals surface area contributed by atoms with E-state index in [2.05, 4.69) is 57.2 Å². The van der Waals surface area contributed by atoms with Crippen LogP contribution >= 0.6 is 0 Å². The molecule has 0 spiro atoms. The number of carbonyl (C=O) groups is 3. The van der Waals surface area contributed by atoms with Gasteiger partial charge in [0.2, 0.25) is 0 Å². The zero-order valence-corrected chi connectivity index (χ0v) is 44.2. The molecule has 0 amide bonds. The second-order valence-corrected chi connectivity index (χ2v) is 19.5. The Kier molecular flexibility index (Phi) is 53.2. The maximum Gasteiger partial charge on any atom is 0.306 e. The molecule has 0 aliphatic carbocycles. The lowest BCUT2D eigenvalue weighted by Gasteiger charge is -2.18. The van der Waals surface area contributed by atoms with Gasteiger partial charge in [-0.2, -0.15) is 0 Å². The summed E-state index contributed by atoms with van der Waals surface area (Å²) in [5, 5.41) is 0. The second kappa shape index (κ2) is 55.2. The monoisotopic (exact) mass is 927 g/mol. The number of hydrogen-bond acceptors (Lipinski definition) is 6. The van der Waals surface area contributed by atoms with Crippen LogP contribution in [0, 0.1) is 0 Å². The average Bonchev–Trinajstić information content (AvgIpc) is 3.31. The molecule has 0 aromatic rings. The molecule has 6 nitrogen and oxygen atoms in total. The van der Waals surface area contributed by atoms with Gasteiger partial charge < -0.3 is 14.2 Å². The third kappa shape index (κ3) is 52.6. The molecule has 0 aromatic heterocycles. The first kappa shape index (κ1) is 63.6. The number of esters is 3.